The van der Waals surface area contributed by atoms with Crippen molar-refractivity contribution in [2.45, 2.75) is 32.3 Å². The van der Waals surface area contributed by atoms with Gasteiger partial charge in [0.1, 0.15) is 0 Å². The fraction of sp³-hybridized carbons (Fsp3) is 0.875. The van der Waals surface area contributed by atoms with Crippen LogP contribution in [-0.4, -0.2) is 22.3 Å². The lowest BCUT2D eigenvalue weighted by atomic mass is 9.79. The second kappa shape index (κ2) is 3.22. The van der Waals surface area contributed by atoms with E-state index >= 15 is 0 Å². The van der Waals surface area contributed by atoms with Crippen molar-refractivity contribution in [3.63, 3.8) is 0 Å². The molecule has 0 aromatic carbocycles. The van der Waals surface area contributed by atoms with Gasteiger partial charge in [0.25, 0.3) is 0 Å². The maximum absolute atomic E-state index is 10.6. The first-order chi connectivity index (χ1) is 5.11. The Morgan fingerprint density at radius 1 is 1.45 bits per heavy atom. The van der Waals surface area contributed by atoms with E-state index in [2.05, 4.69) is 0 Å². The van der Waals surface area contributed by atoms with Crippen molar-refractivity contribution in [1.29, 1.82) is 0 Å². The Labute approximate surface area is 66.0 Å². The van der Waals surface area contributed by atoms with Crippen LogP contribution < -0.4 is 0 Å². The van der Waals surface area contributed by atoms with Crippen LogP contribution >= 0.6 is 0 Å². The molecule has 0 spiro atoms. The third kappa shape index (κ3) is 1.93. The first kappa shape index (κ1) is 8.53. The zero-order valence-corrected chi connectivity index (χ0v) is 6.66. The van der Waals surface area contributed by atoms with Crippen LogP contribution in [0.1, 0.15) is 26.2 Å². The van der Waals surface area contributed by atoms with Crippen molar-refractivity contribution in [2.24, 2.45) is 11.8 Å². The molecular formula is C8H14O3. The Kier molecular flexibility index (Phi) is 2.49. The van der Waals surface area contributed by atoms with E-state index in [4.69, 9.17) is 5.11 Å². The molecule has 64 valence electrons. The minimum atomic E-state index is -0.718. The number of aliphatic hydroxyl groups excluding tert-OH is 1. The minimum absolute atomic E-state index is 0.122. The average molecular weight is 158 g/mol. The molecule has 1 aliphatic rings. The lowest BCUT2D eigenvalue weighted by molar-refractivity contribution is -0.145. The molecule has 3 nitrogen and oxygen atoms in total. The molecule has 0 bridgehead atoms. The van der Waals surface area contributed by atoms with Gasteiger partial charge in [0.2, 0.25) is 0 Å². The predicted molar refractivity (Wildman–Crippen MR) is 40.1 cm³/mol. The van der Waals surface area contributed by atoms with Crippen LogP contribution in [0.15, 0.2) is 0 Å². The van der Waals surface area contributed by atoms with Crippen molar-refractivity contribution >= 4 is 5.97 Å². The van der Waals surface area contributed by atoms with Crippen LogP contribution in [0.4, 0.5) is 0 Å². The molecule has 0 amide bonds. The molecule has 11 heavy (non-hydrogen) atoms. The van der Waals surface area contributed by atoms with Crippen molar-refractivity contribution in [1.82, 2.24) is 0 Å². The number of carboxylic acids is 1. The molecule has 2 unspecified atom stereocenters. The summed E-state index contributed by atoms with van der Waals surface area (Å²) in [6.45, 7) is 1.89. The number of aliphatic hydroxyl groups is 1. The Morgan fingerprint density at radius 2 is 2.09 bits per heavy atom. The molecule has 0 aromatic heterocycles. The van der Waals surface area contributed by atoms with Crippen molar-refractivity contribution in [3.8, 4) is 0 Å². The first-order valence-electron chi connectivity index (χ1n) is 4.02. The monoisotopic (exact) mass is 158 g/mol. The van der Waals surface area contributed by atoms with E-state index in [1.165, 1.54) is 0 Å². The summed E-state index contributed by atoms with van der Waals surface area (Å²) < 4.78 is 0. The summed E-state index contributed by atoms with van der Waals surface area (Å²) in [5.74, 6) is -0.834. The molecule has 1 saturated carbocycles. The van der Waals surface area contributed by atoms with Gasteiger partial charge in [-0.1, -0.05) is 6.92 Å². The third-order valence-corrected chi connectivity index (χ3v) is 2.46. The van der Waals surface area contributed by atoms with Gasteiger partial charge in [0.05, 0.1) is 12.0 Å². The Hall–Kier alpha value is -0.570. The third-order valence-electron chi connectivity index (χ3n) is 2.46. The maximum Gasteiger partial charge on any atom is 0.306 e. The topological polar surface area (TPSA) is 57.5 Å². The highest BCUT2D eigenvalue weighted by atomic mass is 16.4. The SMILES string of the molecule is C[C@H]1CC(O)CCC1C(=O)O. The molecule has 1 rings (SSSR count). The number of hydrogen-bond acceptors (Lipinski definition) is 2. The van der Waals surface area contributed by atoms with E-state index in [-0.39, 0.29) is 17.9 Å². The molecule has 0 saturated heterocycles. The fourth-order valence-electron chi connectivity index (χ4n) is 1.73. The number of carbonyl (C=O) groups is 1. The standard InChI is InChI=1S/C8H14O3/c1-5-4-6(9)2-3-7(5)8(10)11/h5-7,9H,2-4H2,1H3,(H,10,11)/t5-,6?,7?/m0/s1. The van der Waals surface area contributed by atoms with E-state index in [1.807, 2.05) is 6.92 Å². The number of aliphatic carboxylic acids is 1. The van der Waals surface area contributed by atoms with Gasteiger partial charge in [-0.2, -0.15) is 0 Å². The van der Waals surface area contributed by atoms with Crippen molar-refractivity contribution < 1.29 is 15.0 Å². The van der Waals surface area contributed by atoms with Gasteiger partial charge in [0.15, 0.2) is 0 Å². The highest BCUT2D eigenvalue weighted by Crippen LogP contribution is 2.29. The van der Waals surface area contributed by atoms with Crippen LogP contribution in [0.25, 0.3) is 0 Å². The van der Waals surface area contributed by atoms with Gasteiger partial charge in [0, 0.05) is 0 Å². The molecule has 3 heteroatoms. The van der Waals surface area contributed by atoms with Gasteiger partial charge in [-0.3, -0.25) is 4.79 Å². The molecular weight excluding hydrogens is 144 g/mol. The number of carboxylic acid groups (broad SMARTS) is 1. The zero-order chi connectivity index (χ0) is 8.43. The molecule has 1 fully saturated rings. The number of rotatable bonds is 1. The lowest BCUT2D eigenvalue weighted by Crippen LogP contribution is -2.30. The Balaban J connectivity index is 2.50. The van der Waals surface area contributed by atoms with Crippen molar-refractivity contribution in [3.05, 3.63) is 0 Å². The summed E-state index contributed by atoms with van der Waals surface area (Å²) >= 11 is 0. The van der Waals surface area contributed by atoms with Crippen LogP contribution in [0.5, 0.6) is 0 Å². The lowest BCUT2D eigenvalue weighted by Gasteiger charge is -2.28. The van der Waals surface area contributed by atoms with E-state index in [0.29, 0.717) is 19.3 Å². The maximum atomic E-state index is 10.6. The molecule has 0 heterocycles. The number of hydrogen-bond donors (Lipinski definition) is 2. The second-order valence-electron chi connectivity index (χ2n) is 3.39. The summed E-state index contributed by atoms with van der Waals surface area (Å²) in [7, 11) is 0. The first-order valence-corrected chi connectivity index (χ1v) is 4.02. The fourth-order valence-corrected chi connectivity index (χ4v) is 1.73. The highest BCUT2D eigenvalue weighted by Gasteiger charge is 2.30. The largest absolute Gasteiger partial charge is 0.481 e. The Bertz CT molecular complexity index is 155. The highest BCUT2D eigenvalue weighted by molar-refractivity contribution is 5.70. The molecule has 0 aromatic rings. The van der Waals surface area contributed by atoms with Crippen LogP contribution in [0.2, 0.25) is 0 Å². The van der Waals surface area contributed by atoms with Gasteiger partial charge in [-0.05, 0) is 25.2 Å². The smallest absolute Gasteiger partial charge is 0.306 e. The summed E-state index contributed by atoms with van der Waals surface area (Å²) in [6, 6.07) is 0. The predicted octanol–water partition coefficient (Wildman–Crippen LogP) is 0.868. The molecule has 2 N–H and O–H groups in total. The summed E-state index contributed by atoms with van der Waals surface area (Å²) in [5, 5.41) is 17.9. The molecule has 3 atom stereocenters. The van der Waals surface area contributed by atoms with Gasteiger partial charge >= 0.3 is 5.97 Å². The Morgan fingerprint density at radius 3 is 2.55 bits per heavy atom. The van der Waals surface area contributed by atoms with E-state index < -0.39 is 5.97 Å². The second-order valence-corrected chi connectivity index (χ2v) is 3.39. The van der Waals surface area contributed by atoms with Crippen LogP contribution in [0.3, 0.4) is 0 Å². The van der Waals surface area contributed by atoms with Crippen molar-refractivity contribution in [2.75, 3.05) is 0 Å². The van der Waals surface area contributed by atoms with E-state index in [1.54, 1.807) is 0 Å². The van der Waals surface area contributed by atoms with Gasteiger partial charge in [-0.15, -0.1) is 0 Å². The molecule has 0 aliphatic heterocycles. The molecule has 0 radical (unpaired) electrons. The summed E-state index contributed by atoms with van der Waals surface area (Å²) in [4.78, 5) is 10.6. The quantitative estimate of drug-likeness (QED) is 0.595. The zero-order valence-electron chi connectivity index (χ0n) is 6.66. The van der Waals surface area contributed by atoms with Crippen LogP contribution in [0, 0.1) is 11.8 Å². The van der Waals surface area contributed by atoms with E-state index in [9.17, 15) is 9.90 Å². The normalized spacial score (nSPS) is 38.5. The average Bonchev–Trinajstić information content (AvgIpc) is 1.85. The molecule has 1 aliphatic carbocycles. The van der Waals surface area contributed by atoms with Gasteiger partial charge < -0.3 is 10.2 Å². The minimum Gasteiger partial charge on any atom is -0.481 e. The van der Waals surface area contributed by atoms with E-state index in [0.717, 1.165) is 0 Å². The summed E-state index contributed by atoms with van der Waals surface area (Å²) in [6.07, 6.45) is 1.62. The van der Waals surface area contributed by atoms with Gasteiger partial charge in [-0.25, -0.2) is 0 Å². The summed E-state index contributed by atoms with van der Waals surface area (Å²) in [5.41, 5.74) is 0. The van der Waals surface area contributed by atoms with Crippen LogP contribution in [-0.2, 0) is 4.79 Å².